The van der Waals surface area contributed by atoms with Gasteiger partial charge in [-0.3, -0.25) is 0 Å². The summed E-state index contributed by atoms with van der Waals surface area (Å²) >= 11 is 0. The van der Waals surface area contributed by atoms with Gasteiger partial charge < -0.3 is 14.5 Å². The van der Waals surface area contributed by atoms with Gasteiger partial charge in [0, 0.05) is 11.1 Å². The van der Waals surface area contributed by atoms with E-state index in [0.29, 0.717) is 7.48 Å². The Morgan fingerprint density at radius 2 is 1.54 bits per heavy atom. The molecule has 0 bridgehead atoms. The number of hydrogen-bond donors (Lipinski definition) is 1. The van der Waals surface area contributed by atoms with Gasteiger partial charge in [-0.2, -0.15) is 0 Å². The third-order valence-electron chi connectivity index (χ3n) is 7.73. The molecule has 0 atom stereocenters. The average Bonchev–Trinajstić information content (AvgIpc) is 2.86. The fourth-order valence-electron chi connectivity index (χ4n) is 5.09. The minimum Gasteiger partial charge on any atom is -0.457 e. The average molecular weight is 464 g/mol. The number of hydrogen-bond acceptors (Lipinski definition) is 3. The smallest absolute Gasteiger partial charge is 0.309 e. The van der Waals surface area contributed by atoms with Crippen LogP contribution in [0.15, 0.2) is 96.6 Å². The molecule has 0 radical (unpaired) electrons. The molecule has 1 aliphatic carbocycles. The van der Waals surface area contributed by atoms with Gasteiger partial charge in [-0.25, -0.2) is 0 Å². The Morgan fingerprint density at radius 1 is 0.886 bits per heavy atom. The summed E-state index contributed by atoms with van der Waals surface area (Å²) in [5.41, 5.74) is 3.86. The summed E-state index contributed by atoms with van der Waals surface area (Å²) < 4.78 is 12.6. The Hall–Kier alpha value is -3.08. The van der Waals surface area contributed by atoms with E-state index < -0.39 is 16.6 Å². The predicted octanol–water partition coefficient (Wildman–Crippen LogP) is 5.95. The molecule has 0 amide bonds. The quantitative estimate of drug-likeness (QED) is 0.459. The molecule has 0 unspecified atom stereocenters. The van der Waals surface area contributed by atoms with Crippen molar-refractivity contribution in [1.82, 2.24) is 0 Å². The lowest BCUT2D eigenvalue weighted by molar-refractivity contribution is -0.0893. The van der Waals surface area contributed by atoms with E-state index in [2.05, 4.69) is 78.9 Å². The summed E-state index contributed by atoms with van der Waals surface area (Å²) in [6.45, 7) is 7.44. The zero-order valence-corrected chi connectivity index (χ0v) is 21.0. The van der Waals surface area contributed by atoms with Crippen molar-refractivity contribution in [3.8, 4) is 11.5 Å². The Morgan fingerprint density at radius 3 is 2.14 bits per heavy atom. The highest BCUT2D eigenvalue weighted by Gasteiger charge is 2.46. The lowest BCUT2D eigenvalue weighted by Crippen LogP contribution is -2.49. The van der Waals surface area contributed by atoms with Gasteiger partial charge in [0.05, 0.1) is 16.6 Å². The Kier molecular flexibility index (Phi) is 5.98. The van der Waals surface area contributed by atoms with Gasteiger partial charge in [0.15, 0.2) is 0 Å². The number of allylic oxidation sites excluding steroid dienone is 4. The van der Waals surface area contributed by atoms with Crippen LogP contribution in [0.25, 0.3) is 0 Å². The van der Waals surface area contributed by atoms with Crippen molar-refractivity contribution in [3.05, 3.63) is 113 Å². The first-order valence-electron chi connectivity index (χ1n) is 12.4. The molecule has 2 aliphatic rings. The van der Waals surface area contributed by atoms with Gasteiger partial charge in [-0.15, -0.1) is 0 Å². The second-order valence-corrected chi connectivity index (χ2v) is 10.6. The summed E-state index contributed by atoms with van der Waals surface area (Å²) in [6.07, 6.45) is 8.69. The predicted molar refractivity (Wildman–Crippen MR) is 144 cm³/mol. The standard InChI is InChI=1S/C31H33BO3/c1-29(2,33)30(3,4)35-32-24-16-12-15-23(21-24)31(22-13-6-5-7-14-22)25-17-8-10-19-27(25)34-28-20-11-9-18-26(28)31/h5-6,8-13,15-21,32-33H,7,14H2,1-4H3. The maximum atomic E-state index is 10.6. The number of rotatable bonds is 6. The highest BCUT2D eigenvalue weighted by atomic mass is 16.5. The van der Waals surface area contributed by atoms with Crippen LogP contribution in [0, 0.1) is 0 Å². The number of fused-ring (bicyclic) bond motifs is 2. The van der Waals surface area contributed by atoms with Gasteiger partial charge in [0.2, 0.25) is 0 Å². The summed E-state index contributed by atoms with van der Waals surface area (Å²) in [5, 5.41) is 10.6. The second kappa shape index (κ2) is 8.85. The van der Waals surface area contributed by atoms with Crippen molar-refractivity contribution in [3.63, 3.8) is 0 Å². The monoisotopic (exact) mass is 464 g/mol. The molecule has 0 saturated heterocycles. The molecule has 35 heavy (non-hydrogen) atoms. The molecule has 0 spiro atoms. The number of benzene rings is 3. The summed E-state index contributed by atoms with van der Waals surface area (Å²) in [4.78, 5) is 0. The molecule has 0 fully saturated rings. The highest BCUT2D eigenvalue weighted by Crippen LogP contribution is 2.56. The molecular formula is C31H33BO3. The van der Waals surface area contributed by atoms with Crippen LogP contribution in [-0.4, -0.2) is 23.8 Å². The molecule has 3 aromatic rings. The molecule has 4 heteroatoms. The van der Waals surface area contributed by atoms with Crippen molar-refractivity contribution in [2.75, 3.05) is 0 Å². The maximum absolute atomic E-state index is 10.6. The summed E-state index contributed by atoms with van der Waals surface area (Å²) in [6, 6.07) is 25.5. The van der Waals surface area contributed by atoms with E-state index in [0.717, 1.165) is 40.9 Å². The molecule has 1 aliphatic heterocycles. The first-order valence-corrected chi connectivity index (χ1v) is 12.4. The van der Waals surface area contributed by atoms with E-state index in [1.165, 1.54) is 11.1 Å². The molecule has 5 rings (SSSR count). The van der Waals surface area contributed by atoms with Crippen LogP contribution in [0.2, 0.25) is 0 Å². The fraction of sp³-hybridized carbons (Fsp3) is 0.290. The van der Waals surface area contributed by atoms with Gasteiger partial charge in [0.25, 0.3) is 0 Å². The van der Waals surface area contributed by atoms with Crippen LogP contribution in [0.4, 0.5) is 0 Å². The fourth-order valence-corrected chi connectivity index (χ4v) is 5.09. The second-order valence-electron chi connectivity index (χ2n) is 10.6. The zero-order valence-electron chi connectivity index (χ0n) is 21.0. The summed E-state index contributed by atoms with van der Waals surface area (Å²) in [7, 11) is 0.416. The molecule has 0 saturated carbocycles. The first-order chi connectivity index (χ1) is 16.7. The topological polar surface area (TPSA) is 38.7 Å². The van der Waals surface area contributed by atoms with Crippen molar-refractivity contribution >= 4 is 12.9 Å². The minimum absolute atomic E-state index is 0.416. The minimum atomic E-state index is -0.955. The Balaban J connectivity index is 1.70. The third kappa shape index (κ3) is 4.05. The lowest BCUT2D eigenvalue weighted by Gasteiger charge is -2.43. The van der Waals surface area contributed by atoms with Crippen LogP contribution in [-0.2, 0) is 10.1 Å². The van der Waals surface area contributed by atoms with Gasteiger partial charge in [0.1, 0.15) is 11.5 Å². The van der Waals surface area contributed by atoms with Crippen molar-refractivity contribution < 1.29 is 14.5 Å². The molecule has 3 aromatic carbocycles. The van der Waals surface area contributed by atoms with Crippen LogP contribution in [0.3, 0.4) is 0 Å². The third-order valence-corrected chi connectivity index (χ3v) is 7.73. The molecule has 3 nitrogen and oxygen atoms in total. The van der Waals surface area contributed by atoms with Crippen LogP contribution in [0.1, 0.15) is 57.2 Å². The van der Waals surface area contributed by atoms with E-state index in [-0.39, 0.29) is 0 Å². The molecule has 0 aromatic heterocycles. The summed E-state index contributed by atoms with van der Waals surface area (Å²) in [5.74, 6) is 1.79. The van der Waals surface area contributed by atoms with Crippen LogP contribution < -0.4 is 10.2 Å². The van der Waals surface area contributed by atoms with E-state index >= 15 is 0 Å². The first kappa shape index (κ1) is 23.7. The maximum Gasteiger partial charge on any atom is 0.309 e. The molecule has 178 valence electrons. The number of para-hydroxylation sites is 2. The van der Waals surface area contributed by atoms with E-state index in [1.54, 1.807) is 13.8 Å². The van der Waals surface area contributed by atoms with E-state index in [1.807, 2.05) is 26.0 Å². The number of aliphatic hydroxyl groups is 1. The van der Waals surface area contributed by atoms with E-state index in [4.69, 9.17) is 9.39 Å². The molecular weight excluding hydrogens is 431 g/mol. The molecule has 1 heterocycles. The molecule has 1 N–H and O–H groups in total. The van der Waals surface area contributed by atoms with Crippen LogP contribution >= 0.6 is 0 Å². The van der Waals surface area contributed by atoms with Gasteiger partial charge in [-0.05, 0) is 58.2 Å². The van der Waals surface area contributed by atoms with Gasteiger partial charge in [-0.1, -0.05) is 89.9 Å². The normalized spacial score (nSPS) is 16.5. The lowest BCUT2D eigenvalue weighted by atomic mass is 9.61. The van der Waals surface area contributed by atoms with Crippen molar-refractivity contribution in [1.29, 1.82) is 0 Å². The van der Waals surface area contributed by atoms with Gasteiger partial charge >= 0.3 is 7.48 Å². The highest BCUT2D eigenvalue weighted by molar-refractivity contribution is 6.47. The Labute approximate surface area is 209 Å². The van der Waals surface area contributed by atoms with Crippen molar-refractivity contribution in [2.24, 2.45) is 0 Å². The Bertz CT molecular complexity index is 1250. The zero-order chi connectivity index (χ0) is 24.7. The largest absolute Gasteiger partial charge is 0.457 e. The van der Waals surface area contributed by atoms with E-state index in [9.17, 15) is 5.11 Å². The van der Waals surface area contributed by atoms with Crippen LogP contribution in [0.5, 0.6) is 11.5 Å². The number of ether oxygens (including phenoxy) is 1. The van der Waals surface area contributed by atoms with Crippen molar-refractivity contribution in [2.45, 2.75) is 57.2 Å². The SMILES string of the molecule is CC(C)(O)C(C)(C)OBc1cccc(C2(C3=CC=CCC3)c3ccccc3Oc3ccccc32)c1.